The molecule has 0 aliphatic carbocycles. The van der Waals surface area contributed by atoms with Crippen LogP contribution in [0.15, 0.2) is 0 Å². The molecule has 15 heavy (non-hydrogen) atoms. The highest BCUT2D eigenvalue weighted by Gasteiger charge is 2.49. The van der Waals surface area contributed by atoms with Crippen LogP contribution in [0.2, 0.25) is 0 Å². The normalized spacial score (nSPS) is 26.8. The van der Waals surface area contributed by atoms with Gasteiger partial charge in [0.1, 0.15) is 6.04 Å². The Hall–Kier alpha value is -1.13. The van der Waals surface area contributed by atoms with Gasteiger partial charge in [-0.05, 0) is 19.8 Å². The number of nitrogens with zero attached hydrogens (tertiary/aromatic N) is 2. The summed E-state index contributed by atoms with van der Waals surface area (Å²) in [5.74, 6) is 0.0275. The Bertz CT molecular complexity index is 276. The van der Waals surface area contributed by atoms with Crippen LogP contribution in [0.1, 0.15) is 34.1 Å². The van der Waals surface area contributed by atoms with Crippen LogP contribution in [0.25, 0.3) is 0 Å². The molecule has 0 bridgehead atoms. The average Bonchev–Trinajstić information content (AvgIpc) is 2.42. The van der Waals surface area contributed by atoms with Gasteiger partial charge in [0.05, 0.1) is 6.42 Å². The standard InChI is InChI=1S/C10H18N2O3/c1-6(2)10-8(12(14)15)5-9(13)11(10)7(3)4/h6-8,10H,5H2,1-4H3/t8-,10+/m1/s1. The van der Waals surface area contributed by atoms with E-state index in [4.69, 9.17) is 0 Å². The van der Waals surface area contributed by atoms with Crippen molar-refractivity contribution in [2.75, 3.05) is 0 Å². The van der Waals surface area contributed by atoms with E-state index in [0.29, 0.717) is 0 Å². The first kappa shape index (κ1) is 11.9. The van der Waals surface area contributed by atoms with Crippen molar-refractivity contribution < 1.29 is 9.72 Å². The van der Waals surface area contributed by atoms with Crippen LogP contribution in [-0.4, -0.2) is 33.9 Å². The maximum atomic E-state index is 11.7. The van der Waals surface area contributed by atoms with Gasteiger partial charge in [-0.15, -0.1) is 0 Å². The monoisotopic (exact) mass is 214 g/mol. The number of likely N-dealkylation sites (tertiary alicyclic amines) is 1. The summed E-state index contributed by atoms with van der Waals surface area (Å²) >= 11 is 0. The van der Waals surface area contributed by atoms with Gasteiger partial charge in [0.2, 0.25) is 11.9 Å². The lowest BCUT2D eigenvalue weighted by molar-refractivity contribution is -0.526. The molecule has 86 valence electrons. The van der Waals surface area contributed by atoms with Crippen molar-refractivity contribution in [2.24, 2.45) is 5.92 Å². The molecule has 0 saturated carbocycles. The second-order valence-corrected chi connectivity index (χ2v) is 4.69. The number of rotatable bonds is 3. The summed E-state index contributed by atoms with van der Waals surface area (Å²) < 4.78 is 0. The van der Waals surface area contributed by atoms with Gasteiger partial charge in [0.15, 0.2) is 0 Å². The van der Waals surface area contributed by atoms with Crippen molar-refractivity contribution in [3.63, 3.8) is 0 Å². The number of hydrogen-bond acceptors (Lipinski definition) is 3. The van der Waals surface area contributed by atoms with Crippen LogP contribution in [0.5, 0.6) is 0 Å². The van der Waals surface area contributed by atoms with Gasteiger partial charge in [-0.25, -0.2) is 0 Å². The van der Waals surface area contributed by atoms with E-state index in [0.717, 1.165) is 0 Å². The first-order chi connectivity index (χ1) is 6.86. The SMILES string of the molecule is CC(C)[C@H]1[C@H]([N+](=O)[O-])CC(=O)N1C(C)C. The number of nitro groups is 1. The molecule has 0 unspecified atom stereocenters. The topological polar surface area (TPSA) is 63.5 Å². The Labute approximate surface area is 89.6 Å². The van der Waals surface area contributed by atoms with Gasteiger partial charge in [-0.1, -0.05) is 13.8 Å². The third kappa shape index (κ3) is 2.11. The van der Waals surface area contributed by atoms with Crippen molar-refractivity contribution in [3.05, 3.63) is 10.1 Å². The Morgan fingerprint density at radius 3 is 2.27 bits per heavy atom. The fraction of sp³-hybridized carbons (Fsp3) is 0.900. The van der Waals surface area contributed by atoms with Gasteiger partial charge in [0.25, 0.3) is 0 Å². The van der Waals surface area contributed by atoms with Crippen molar-refractivity contribution >= 4 is 5.91 Å². The molecular weight excluding hydrogens is 196 g/mol. The number of carbonyl (C=O) groups is 1. The van der Waals surface area contributed by atoms with E-state index in [1.54, 1.807) is 4.90 Å². The van der Waals surface area contributed by atoms with Crippen molar-refractivity contribution in [2.45, 2.75) is 52.2 Å². The minimum atomic E-state index is -0.736. The second-order valence-electron chi connectivity index (χ2n) is 4.69. The van der Waals surface area contributed by atoms with Crippen molar-refractivity contribution in [1.82, 2.24) is 4.90 Å². The molecule has 0 N–H and O–H groups in total. The lowest BCUT2D eigenvalue weighted by atomic mass is 9.97. The molecule has 1 rings (SSSR count). The minimum Gasteiger partial charge on any atom is -0.330 e. The Kier molecular flexibility index (Phi) is 3.31. The van der Waals surface area contributed by atoms with Crippen LogP contribution in [-0.2, 0) is 4.79 Å². The van der Waals surface area contributed by atoms with Crippen LogP contribution >= 0.6 is 0 Å². The third-order valence-corrected chi connectivity index (χ3v) is 2.90. The zero-order valence-corrected chi connectivity index (χ0v) is 9.64. The molecule has 0 aromatic carbocycles. The second kappa shape index (κ2) is 4.16. The Balaban J connectivity index is 2.98. The molecule has 5 heteroatoms. The van der Waals surface area contributed by atoms with Gasteiger partial charge in [0, 0.05) is 11.0 Å². The highest BCUT2D eigenvalue weighted by atomic mass is 16.6. The fourth-order valence-electron chi connectivity index (χ4n) is 2.35. The number of carbonyl (C=O) groups excluding carboxylic acids is 1. The van der Waals surface area contributed by atoms with E-state index < -0.39 is 6.04 Å². The van der Waals surface area contributed by atoms with E-state index in [9.17, 15) is 14.9 Å². The van der Waals surface area contributed by atoms with Gasteiger partial charge >= 0.3 is 0 Å². The van der Waals surface area contributed by atoms with Gasteiger partial charge in [-0.2, -0.15) is 0 Å². The molecule has 5 nitrogen and oxygen atoms in total. The Morgan fingerprint density at radius 1 is 1.40 bits per heavy atom. The molecule has 0 spiro atoms. The molecule has 2 atom stereocenters. The predicted molar refractivity (Wildman–Crippen MR) is 56.0 cm³/mol. The summed E-state index contributed by atoms with van der Waals surface area (Å²) in [6.07, 6.45) is 0.0496. The molecule has 1 fully saturated rings. The van der Waals surface area contributed by atoms with Crippen molar-refractivity contribution in [3.8, 4) is 0 Å². The molecular formula is C10H18N2O3. The molecule has 0 radical (unpaired) electrons. The van der Waals surface area contributed by atoms with Crippen LogP contribution < -0.4 is 0 Å². The summed E-state index contributed by atoms with van der Waals surface area (Å²) in [5.41, 5.74) is 0. The molecule has 1 saturated heterocycles. The van der Waals surface area contributed by atoms with E-state index >= 15 is 0 Å². The van der Waals surface area contributed by atoms with Crippen LogP contribution in [0, 0.1) is 16.0 Å². The summed E-state index contributed by atoms with van der Waals surface area (Å²) in [4.78, 5) is 23.9. The first-order valence-corrected chi connectivity index (χ1v) is 5.31. The van der Waals surface area contributed by atoms with E-state index in [1.807, 2.05) is 27.7 Å². The summed E-state index contributed by atoms with van der Waals surface area (Å²) in [7, 11) is 0. The molecule has 1 aliphatic rings. The quantitative estimate of drug-likeness (QED) is 0.525. The highest BCUT2D eigenvalue weighted by molar-refractivity contribution is 5.80. The molecule has 1 amide bonds. The summed E-state index contributed by atoms with van der Waals surface area (Å²) in [5, 5.41) is 10.9. The van der Waals surface area contributed by atoms with Crippen molar-refractivity contribution in [1.29, 1.82) is 0 Å². The summed E-state index contributed by atoms with van der Waals surface area (Å²) in [6.45, 7) is 7.65. The fourth-order valence-corrected chi connectivity index (χ4v) is 2.35. The highest BCUT2D eigenvalue weighted by Crippen LogP contribution is 2.29. The largest absolute Gasteiger partial charge is 0.330 e. The Morgan fingerprint density at radius 2 is 1.93 bits per heavy atom. The zero-order valence-electron chi connectivity index (χ0n) is 9.64. The first-order valence-electron chi connectivity index (χ1n) is 5.31. The number of hydrogen-bond donors (Lipinski definition) is 0. The van der Waals surface area contributed by atoms with Crippen LogP contribution in [0.4, 0.5) is 0 Å². The molecule has 0 aromatic rings. The van der Waals surface area contributed by atoms with Gasteiger partial charge in [-0.3, -0.25) is 14.9 Å². The maximum absolute atomic E-state index is 11.7. The smallest absolute Gasteiger partial charge is 0.242 e. The van der Waals surface area contributed by atoms with E-state index in [-0.39, 0.29) is 35.3 Å². The lowest BCUT2D eigenvalue weighted by Crippen LogP contribution is -2.46. The average molecular weight is 214 g/mol. The lowest BCUT2D eigenvalue weighted by Gasteiger charge is -2.31. The van der Waals surface area contributed by atoms with Gasteiger partial charge < -0.3 is 4.90 Å². The third-order valence-electron chi connectivity index (χ3n) is 2.90. The molecule has 1 aliphatic heterocycles. The maximum Gasteiger partial charge on any atom is 0.242 e. The molecule has 1 heterocycles. The predicted octanol–water partition coefficient (Wildman–Crippen LogP) is 1.30. The van der Waals surface area contributed by atoms with Crippen LogP contribution in [0.3, 0.4) is 0 Å². The van der Waals surface area contributed by atoms with E-state index in [1.165, 1.54) is 0 Å². The molecule has 0 aromatic heterocycles. The number of amides is 1. The zero-order chi connectivity index (χ0) is 11.7. The summed E-state index contributed by atoms with van der Waals surface area (Å²) in [6, 6.07) is -0.956. The minimum absolute atomic E-state index is 0.0369. The van der Waals surface area contributed by atoms with E-state index in [2.05, 4.69) is 0 Å².